The van der Waals surface area contributed by atoms with E-state index in [4.69, 9.17) is 21.1 Å². The van der Waals surface area contributed by atoms with Gasteiger partial charge < -0.3 is 14.8 Å². The van der Waals surface area contributed by atoms with Gasteiger partial charge in [-0.3, -0.25) is 0 Å². The minimum atomic E-state index is 0.629. The highest BCUT2D eigenvalue weighted by Gasteiger charge is 2.05. The molecule has 19 heavy (non-hydrogen) atoms. The summed E-state index contributed by atoms with van der Waals surface area (Å²) in [6.07, 6.45) is 0. The second-order valence-electron chi connectivity index (χ2n) is 3.95. The van der Waals surface area contributed by atoms with Crippen molar-refractivity contribution in [3.8, 4) is 11.5 Å². The minimum absolute atomic E-state index is 0.629. The van der Waals surface area contributed by atoms with Crippen molar-refractivity contribution in [2.24, 2.45) is 0 Å². The Morgan fingerprint density at radius 1 is 1.16 bits per heavy atom. The van der Waals surface area contributed by atoms with Crippen LogP contribution in [-0.4, -0.2) is 14.2 Å². The van der Waals surface area contributed by atoms with E-state index in [-0.39, 0.29) is 0 Å². The molecule has 0 fully saturated rings. The van der Waals surface area contributed by atoms with E-state index in [1.54, 1.807) is 26.4 Å². The van der Waals surface area contributed by atoms with E-state index in [9.17, 15) is 0 Å². The molecule has 2 aromatic carbocycles. The lowest BCUT2D eigenvalue weighted by molar-refractivity contribution is 0.391. The Morgan fingerprint density at radius 2 is 2.00 bits per heavy atom. The number of halogens is 1. The highest BCUT2D eigenvalue weighted by Crippen LogP contribution is 2.25. The molecule has 0 aliphatic heterocycles. The lowest BCUT2D eigenvalue weighted by Gasteiger charge is -2.12. The van der Waals surface area contributed by atoms with E-state index in [1.165, 1.54) is 0 Å². The summed E-state index contributed by atoms with van der Waals surface area (Å²) in [5.41, 5.74) is 1.89. The molecule has 0 saturated carbocycles. The number of benzene rings is 2. The zero-order valence-electron chi connectivity index (χ0n) is 10.9. The van der Waals surface area contributed by atoms with Crippen LogP contribution in [0.25, 0.3) is 0 Å². The summed E-state index contributed by atoms with van der Waals surface area (Å²) >= 11 is 5.92. The number of rotatable bonds is 5. The molecule has 0 bridgehead atoms. The van der Waals surface area contributed by atoms with Gasteiger partial charge in [0.2, 0.25) is 0 Å². The van der Waals surface area contributed by atoms with Crippen LogP contribution in [0.4, 0.5) is 5.69 Å². The first-order valence-electron chi connectivity index (χ1n) is 5.85. The molecule has 2 rings (SSSR count). The van der Waals surface area contributed by atoms with Crippen LogP contribution < -0.4 is 14.8 Å². The summed E-state index contributed by atoms with van der Waals surface area (Å²) in [4.78, 5) is 0. The Hall–Kier alpha value is -1.87. The number of anilines is 1. The highest BCUT2D eigenvalue weighted by atomic mass is 35.5. The van der Waals surface area contributed by atoms with Gasteiger partial charge in [-0.05, 0) is 24.3 Å². The number of ether oxygens (including phenoxy) is 2. The zero-order valence-corrected chi connectivity index (χ0v) is 11.6. The van der Waals surface area contributed by atoms with Crippen LogP contribution in [0.1, 0.15) is 5.56 Å². The van der Waals surface area contributed by atoms with Crippen LogP contribution in [0.3, 0.4) is 0 Å². The molecule has 3 nitrogen and oxygen atoms in total. The van der Waals surface area contributed by atoms with Crippen molar-refractivity contribution in [2.75, 3.05) is 19.5 Å². The van der Waals surface area contributed by atoms with Crippen LogP contribution in [-0.2, 0) is 6.54 Å². The first-order chi connectivity index (χ1) is 9.22. The van der Waals surface area contributed by atoms with E-state index in [1.807, 2.05) is 24.3 Å². The van der Waals surface area contributed by atoms with E-state index in [0.29, 0.717) is 11.6 Å². The number of methoxy groups -OCH3 is 2. The van der Waals surface area contributed by atoms with Crippen molar-refractivity contribution < 1.29 is 9.47 Å². The number of hydrogen-bond acceptors (Lipinski definition) is 3. The van der Waals surface area contributed by atoms with Crippen molar-refractivity contribution in [3.63, 3.8) is 0 Å². The zero-order chi connectivity index (χ0) is 13.7. The molecule has 0 unspecified atom stereocenters. The van der Waals surface area contributed by atoms with Crippen molar-refractivity contribution in [1.82, 2.24) is 0 Å². The van der Waals surface area contributed by atoms with Gasteiger partial charge >= 0.3 is 0 Å². The van der Waals surface area contributed by atoms with E-state index < -0.39 is 0 Å². The predicted molar refractivity (Wildman–Crippen MR) is 77.2 cm³/mol. The molecular formula is C15H15ClNO2. The van der Waals surface area contributed by atoms with Crippen LogP contribution in [0.15, 0.2) is 36.4 Å². The molecule has 0 aliphatic rings. The normalized spacial score (nSPS) is 10.1. The maximum Gasteiger partial charge on any atom is 0.127 e. The fraction of sp³-hybridized carbons (Fsp3) is 0.200. The first-order valence-corrected chi connectivity index (χ1v) is 6.22. The molecule has 0 aliphatic carbocycles. The van der Waals surface area contributed by atoms with Crippen LogP contribution in [0, 0.1) is 6.07 Å². The van der Waals surface area contributed by atoms with E-state index >= 15 is 0 Å². The molecule has 0 amide bonds. The van der Waals surface area contributed by atoms with Gasteiger partial charge in [0.15, 0.2) is 0 Å². The van der Waals surface area contributed by atoms with Gasteiger partial charge in [-0.15, -0.1) is 0 Å². The first kappa shape index (κ1) is 13.6. The Balaban J connectivity index is 2.11. The molecule has 0 saturated heterocycles. The van der Waals surface area contributed by atoms with Crippen molar-refractivity contribution in [3.05, 3.63) is 53.1 Å². The smallest absolute Gasteiger partial charge is 0.127 e. The fourth-order valence-electron chi connectivity index (χ4n) is 1.73. The molecule has 1 radical (unpaired) electrons. The minimum Gasteiger partial charge on any atom is -0.497 e. The predicted octanol–water partition coefficient (Wildman–Crippen LogP) is 3.77. The molecule has 2 aromatic rings. The van der Waals surface area contributed by atoms with Crippen molar-refractivity contribution in [2.45, 2.75) is 6.54 Å². The summed E-state index contributed by atoms with van der Waals surface area (Å²) < 4.78 is 10.5. The third-order valence-corrected chi connectivity index (χ3v) is 2.96. The molecule has 0 atom stereocenters. The standard InChI is InChI=1S/C15H15ClNO2/c1-18-14-7-6-11(15(9-14)19-2)10-17-13-5-3-4-12(16)8-13/h3-4,6-9,17H,10H2,1-2H3. The summed E-state index contributed by atoms with van der Waals surface area (Å²) in [6, 6.07) is 14.2. The molecule has 0 heterocycles. The molecule has 0 spiro atoms. The van der Waals surface area contributed by atoms with Gasteiger partial charge in [-0.1, -0.05) is 17.7 Å². The molecule has 99 valence electrons. The average Bonchev–Trinajstić information content (AvgIpc) is 2.45. The van der Waals surface area contributed by atoms with Crippen LogP contribution in [0.2, 0.25) is 5.02 Å². The summed E-state index contributed by atoms with van der Waals surface area (Å²) in [6.45, 7) is 0.629. The Bertz CT molecular complexity index is 558. The maximum absolute atomic E-state index is 5.92. The lowest BCUT2D eigenvalue weighted by atomic mass is 10.2. The van der Waals surface area contributed by atoms with Gasteiger partial charge in [0.05, 0.1) is 14.2 Å². The van der Waals surface area contributed by atoms with E-state index in [2.05, 4.69) is 11.4 Å². The number of hydrogen-bond donors (Lipinski definition) is 1. The topological polar surface area (TPSA) is 30.5 Å². The molecule has 4 heteroatoms. The summed E-state index contributed by atoms with van der Waals surface area (Å²) in [5.74, 6) is 1.56. The number of nitrogens with one attached hydrogen (secondary N) is 1. The van der Waals surface area contributed by atoms with Gasteiger partial charge in [-0.25, -0.2) is 0 Å². The maximum atomic E-state index is 5.92. The molecule has 0 aromatic heterocycles. The van der Waals surface area contributed by atoms with E-state index in [0.717, 1.165) is 22.7 Å². The SMILES string of the molecule is COc1ccc(CNc2[c]ccc(Cl)c2)c(OC)c1. The van der Waals surface area contributed by atoms with Crippen LogP contribution >= 0.6 is 11.6 Å². The Morgan fingerprint density at radius 3 is 2.68 bits per heavy atom. The Kier molecular flexibility index (Phi) is 4.53. The third kappa shape index (κ3) is 3.55. The second-order valence-corrected chi connectivity index (χ2v) is 4.39. The quantitative estimate of drug-likeness (QED) is 0.902. The lowest BCUT2D eigenvalue weighted by Crippen LogP contribution is -2.02. The largest absolute Gasteiger partial charge is 0.497 e. The van der Waals surface area contributed by atoms with Gasteiger partial charge in [0, 0.05) is 35.0 Å². The van der Waals surface area contributed by atoms with Crippen LogP contribution in [0.5, 0.6) is 11.5 Å². The second kappa shape index (κ2) is 6.34. The van der Waals surface area contributed by atoms with Crippen molar-refractivity contribution >= 4 is 17.3 Å². The monoisotopic (exact) mass is 276 g/mol. The van der Waals surface area contributed by atoms with Gasteiger partial charge in [-0.2, -0.15) is 0 Å². The summed E-state index contributed by atoms with van der Waals surface area (Å²) in [7, 11) is 3.28. The van der Waals surface area contributed by atoms with Gasteiger partial charge in [0.1, 0.15) is 11.5 Å². The average molecular weight is 277 g/mol. The third-order valence-electron chi connectivity index (χ3n) is 2.73. The highest BCUT2D eigenvalue weighted by molar-refractivity contribution is 6.30. The fourth-order valence-corrected chi connectivity index (χ4v) is 1.90. The summed E-state index contributed by atoms with van der Waals surface area (Å²) in [5, 5.41) is 3.94. The van der Waals surface area contributed by atoms with Crippen molar-refractivity contribution in [1.29, 1.82) is 0 Å². The molecule has 1 N–H and O–H groups in total. The molecular weight excluding hydrogens is 262 g/mol. The van der Waals surface area contributed by atoms with Gasteiger partial charge in [0.25, 0.3) is 0 Å². The Labute approximate surface area is 118 Å².